The van der Waals surface area contributed by atoms with E-state index in [0.717, 1.165) is 5.56 Å². The molecule has 0 N–H and O–H groups in total. The van der Waals surface area contributed by atoms with Crippen LogP contribution in [-0.4, -0.2) is 53.8 Å². The number of hydrogen-bond acceptors (Lipinski definition) is 3. The quantitative estimate of drug-likeness (QED) is 0.772. The molecule has 2 rings (SSSR count). The maximum atomic E-state index is 12.7. The van der Waals surface area contributed by atoms with Gasteiger partial charge in [0.05, 0.1) is 6.54 Å². The zero-order chi connectivity index (χ0) is 20.4. The van der Waals surface area contributed by atoms with Gasteiger partial charge in [-0.2, -0.15) is 0 Å². The lowest BCUT2D eigenvalue weighted by Gasteiger charge is -2.27. The first-order valence-corrected chi connectivity index (χ1v) is 9.52. The zero-order valence-corrected chi connectivity index (χ0v) is 17.5. The largest absolute Gasteiger partial charge is 0.334 e. The molecule has 6 nitrogen and oxygen atoms in total. The van der Waals surface area contributed by atoms with Crippen molar-refractivity contribution in [3.8, 4) is 0 Å². The lowest BCUT2D eigenvalue weighted by molar-refractivity contribution is -0.141. The standard InChI is InChI=1S/C20H28ClN3O3/c1-6-22(17(25)10-20(3,4)5)11-18(26)23-12-19(27)24(13-23)16-9-7-8-15(21)14(16)2/h7-9H,6,10-13H2,1-5H3. The highest BCUT2D eigenvalue weighted by Gasteiger charge is 2.34. The van der Waals surface area contributed by atoms with Gasteiger partial charge in [0.25, 0.3) is 0 Å². The number of halogens is 1. The molecule has 1 aromatic rings. The summed E-state index contributed by atoms with van der Waals surface area (Å²) in [5.74, 6) is -0.432. The Bertz CT molecular complexity index is 742. The molecule has 1 aliphatic heterocycles. The Morgan fingerprint density at radius 2 is 1.93 bits per heavy atom. The third-order valence-corrected chi connectivity index (χ3v) is 4.97. The van der Waals surface area contributed by atoms with E-state index in [9.17, 15) is 14.4 Å². The minimum Gasteiger partial charge on any atom is -0.334 e. The Kier molecular flexibility index (Phi) is 6.52. The fraction of sp³-hybridized carbons (Fsp3) is 0.550. The van der Waals surface area contributed by atoms with E-state index in [1.807, 2.05) is 40.7 Å². The molecule has 3 amide bonds. The SMILES string of the molecule is CCN(CC(=O)N1CC(=O)N(c2cccc(Cl)c2C)C1)C(=O)CC(C)(C)C. The maximum absolute atomic E-state index is 12.7. The molecule has 0 bridgehead atoms. The number of amides is 3. The monoisotopic (exact) mass is 393 g/mol. The van der Waals surface area contributed by atoms with E-state index in [1.165, 1.54) is 4.90 Å². The third kappa shape index (κ3) is 5.22. The number of benzene rings is 1. The van der Waals surface area contributed by atoms with Crippen LogP contribution in [0.3, 0.4) is 0 Å². The van der Waals surface area contributed by atoms with E-state index < -0.39 is 0 Å². The van der Waals surface area contributed by atoms with Gasteiger partial charge in [-0.15, -0.1) is 0 Å². The molecule has 1 saturated heterocycles. The van der Waals surface area contributed by atoms with Crippen LogP contribution in [-0.2, 0) is 14.4 Å². The van der Waals surface area contributed by atoms with Crippen LogP contribution < -0.4 is 4.90 Å². The summed E-state index contributed by atoms with van der Waals surface area (Å²) in [7, 11) is 0. The second-order valence-corrected chi connectivity index (χ2v) is 8.49. The van der Waals surface area contributed by atoms with Crippen molar-refractivity contribution in [1.29, 1.82) is 0 Å². The molecule has 7 heteroatoms. The minimum atomic E-state index is -0.227. The first-order valence-electron chi connectivity index (χ1n) is 9.14. The molecule has 0 unspecified atom stereocenters. The summed E-state index contributed by atoms with van der Waals surface area (Å²) < 4.78 is 0. The van der Waals surface area contributed by atoms with Gasteiger partial charge in [-0.05, 0) is 37.0 Å². The number of likely N-dealkylation sites (N-methyl/N-ethyl adjacent to an activating group) is 1. The molecular weight excluding hydrogens is 366 g/mol. The molecule has 1 fully saturated rings. The van der Waals surface area contributed by atoms with Gasteiger partial charge in [-0.25, -0.2) is 0 Å². The number of nitrogens with zero attached hydrogens (tertiary/aromatic N) is 3. The van der Waals surface area contributed by atoms with Crippen LogP contribution in [0.5, 0.6) is 0 Å². The highest BCUT2D eigenvalue weighted by atomic mass is 35.5. The van der Waals surface area contributed by atoms with Crippen LogP contribution in [0.2, 0.25) is 5.02 Å². The van der Waals surface area contributed by atoms with Gasteiger partial charge in [0.15, 0.2) is 0 Å². The molecular formula is C20H28ClN3O3. The summed E-state index contributed by atoms with van der Waals surface area (Å²) in [6.45, 7) is 10.3. The number of hydrogen-bond donors (Lipinski definition) is 0. The fourth-order valence-corrected chi connectivity index (χ4v) is 3.19. The van der Waals surface area contributed by atoms with E-state index in [0.29, 0.717) is 23.7 Å². The highest BCUT2D eigenvalue weighted by molar-refractivity contribution is 6.31. The van der Waals surface area contributed by atoms with Crippen LogP contribution in [0.4, 0.5) is 5.69 Å². The molecule has 1 aromatic carbocycles. The average Bonchev–Trinajstić information content (AvgIpc) is 2.95. The molecule has 1 aliphatic rings. The molecule has 0 spiro atoms. The second-order valence-electron chi connectivity index (χ2n) is 8.08. The summed E-state index contributed by atoms with van der Waals surface area (Å²) in [4.78, 5) is 42.2. The van der Waals surface area contributed by atoms with Crippen LogP contribution in [0.1, 0.15) is 39.7 Å². The van der Waals surface area contributed by atoms with Crippen molar-refractivity contribution < 1.29 is 14.4 Å². The van der Waals surface area contributed by atoms with Crippen molar-refractivity contribution in [2.45, 2.75) is 41.0 Å². The van der Waals surface area contributed by atoms with Crippen molar-refractivity contribution in [3.05, 3.63) is 28.8 Å². The van der Waals surface area contributed by atoms with E-state index in [1.54, 1.807) is 21.9 Å². The Balaban J connectivity index is 2.06. The molecule has 0 aromatic heterocycles. The van der Waals surface area contributed by atoms with E-state index in [4.69, 9.17) is 11.6 Å². The normalized spacial score (nSPS) is 14.7. The Morgan fingerprint density at radius 3 is 2.52 bits per heavy atom. The number of carbonyl (C=O) groups excluding carboxylic acids is 3. The number of carbonyl (C=O) groups is 3. The van der Waals surface area contributed by atoms with Gasteiger partial charge in [0.2, 0.25) is 17.7 Å². The van der Waals surface area contributed by atoms with Crippen LogP contribution >= 0.6 is 11.6 Å². The molecule has 0 atom stereocenters. The minimum absolute atomic E-state index is 0.00972. The molecule has 0 saturated carbocycles. The van der Waals surface area contributed by atoms with Gasteiger partial charge in [-0.3, -0.25) is 19.3 Å². The second kappa shape index (κ2) is 8.30. The molecule has 1 heterocycles. The van der Waals surface area contributed by atoms with Crippen molar-refractivity contribution in [3.63, 3.8) is 0 Å². The zero-order valence-electron chi connectivity index (χ0n) is 16.7. The number of anilines is 1. The van der Waals surface area contributed by atoms with E-state index >= 15 is 0 Å². The predicted molar refractivity (Wildman–Crippen MR) is 107 cm³/mol. The summed E-state index contributed by atoms with van der Waals surface area (Å²) in [5, 5.41) is 0.579. The van der Waals surface area contributed by atoms with Crippen molar-refractivity contribution >= 4 is 35.0 Å². The van der Waals surface area contributed by atoms with E-state index in [-0.39, 0.29) is 42.9 Å². The summed E-state index contributed by atoms with van der Waals surface area (Å²) in [6, 6.07) is 5.37. The molecule has 27 heavy (non-hydrogen) atoms. The molecule has 0 radical (unpaired) electrons. The Morgan fingerprint density at radius 1 is 1.26 bits per heavy atom. The first kappa shape index (κ1) is 21.2. The predicted octanol–water partition coefficient (Wildman–Crippen LogP) is 3.07. The van der Waals surface area contributed by atoms with Crippen LogP contribution in [0.25, 0.3) is 0 Å². The molecule has 0 aliphatic carbocycles. The van der Waals surface area contributed by atoms with Crippen LogP contribution in [0, 0.1) is 12.3 Å². The van der Waals surface area contributed by atoms with Crippen molar-refractivity contribution in [1.82, 2.24) is 9.80 Å². The van der Waals surface area contributed by atoms with Gasteiger partial charge < -0.3 is 9.80 Å². The van der Waals surface area contributed by atoms with Crippen LogP contribution in [0.15, 0.2) is 18.2 Å². The highest BCUT2D eigenvalue weighted by Crippen LogP contribution is 2.28. The first-order chi connectivity index (χ1) is 12.5. The lowest BCUT2D eigenvalue weighted by Crippen LogP contribution is -2.43. The number of rotatable bonds is 5. The van der Waals surface area contributed by atoms with Gasteiger partial charge in [-0.1, -0.05) is 38.4 Å². The van der Waals surface area contributed by atoms with E-state index in [2.05, 4.69) is 0 Å². The lowest BCUT2D eigenvalue weighted by atomic mass is 9.91. The van der Waals surface area contributed by atoms with Crippen molar-refractivity contribution in [2.75, 3.05) is 31.2 Å². The summed E-state index contributed by atoms with van der Waals surface area (Å²) >= 11 is 6.15. The van der Waals surface area contributed by atoms with Gasteiger partial charge >= 0.3 is 0 Å². The Hall–Kier alpha value is -2.08. The Labute approximate surface area is 166 Å². The smallest absolute Gasteiger partial charge is 0.248 e. The summed E-state index contributed by atoms with van der Waals surface area (Å²) in [5.41, 5.74) is 1.37. The van der Waals surface area contributed by atoms with Gasteiger partial charge in [0.1, 0.15) is 13.2 Å². The molecule has 148 valence electrons. The van der Waals surface area contributed by atoms with Crippen molar-refractivity contribution in [2.24, 2.45) is 5.41 Å². The fourth-order valence-electron chi connectivity index (χ4n) is 3.02. The topological polar surface area (TPSA) is 60.9 Å². The van der Waals surface area contributed by atoms with Gasteiger partial charge in [0, 0.05) is 23.7 Å². The maximum Gasteiger partial charge on any atom is 0.248 e. The third-order valence-electron chi connectivity index (χ3n) is 4.56. The average molecular weight is 394 g/mol. The summed E-state index contributed by atoms with van der Waals surface area (Å²) in [6.07, 6.45) is 0.376.